The second-order valence-electron chi connectivity index (χ2n) is 4.46. The van der Waals surface area contributed by atoms with Gasteiger partial charge in [-0.15, -0.1) is 0 Å². The average Bonchev–Trinajstić information content (AvgIpc) is 2.77. The molecule has 1 aromatic rings. The molecule has 1 saturated carbocycles. The zero-order valence-electron chi connectivity index (χ0n) is 9.68. The van der Waals surface area contributed by atoms with E-state index in [1.807, 2.05) is 0 Å². The fraction of sp³-hybridized carbons (Fsp3) is 0.417. The van der Waals surface area contributed by atoms with Crippen LogP contribution in [0.5, 0.6) is 0 Å². The maximum atomic E-state index is 11.8. The standard InChI is InChI=1S/C12H14N2O4/c15-10-6-7(3-4-13-10)11(16)14-9-2-1-8(5-9)12(17)18/h3-4,6,8-9H,1-2,5H2,(H,13,15)(H,14,16)(H,17,18)/t8-,9+/m1/s1. The molecule has 6 nitrogen and oxygen atoms in total. The Balaban J connectivity index is 1.97. The van der Waals surface area contributed by atoms with E-state index in [9.17, 15) is 14.4 Å². The molecule has 1 aliphatic rings. The normalized spacial score (nSPS) is 22.7. The van der Waals surface area contributed by atoms with Crippen molar-refractivity contribution in [1.82, 2.24) is 10.3 Å². The van der Waals surface area contributed by atoms with Gasteiger partial charge in [-0.05, 0) is 25.3 Å². The molecule has 18 heavy (non-hydrogen) atoms. The number of aromatic nitrogens is 1. The number of nitrogens with one attached hydrogen (secondary N) is 2. The van der Waals surface area contributed by atoms with Gasteiger partial charge in [-0.2, -0.15) is 0 Å². The molecule has 0 radical (unpaired) electrons. The summed E-state index contributed by atoms with van der Waals surface area (Å²) in [6.07, 6.45) is 3.10. The summed E-state index contributed by atoms with van der Waals surface area (Å²) in [5.74, 6) is -1.53. The van der Waals surface area contributed by atoms with Gasteiger partial charge in [0.25, 0.3) is 5.91 Å². The van der Waals surface area contributed by atoms with Gasteiger partial charge in [0.15, 0.2) is 0 Å². The SMILES string of the molecule is O=C(N[C@H]1CC[C@@H](C(=O)O)C1)c1cc[nH]c(=O)c1. The van der Waals surface area contributed by atoms with Crippen molar-refractivity contribution in [2.24, 2.45) is 5.92 Å². The maximum Gasteiger partial charge on any atom is 0.306 e. The van der Waals surface area contributed by atoms with E-state index in [4.69, 9.17) is 5.11 Å². The minimum Gasteiger partial charge on any atom is -0.481 e. The largest absolute Gasteiger partial charge is 0.481 e. The van der Waals surface area contributed by atoms with E-state index in [-0.39, 0.29) is 29.0 Å². The lowest BCUT2D eigenvalue weighted by Crippen LogP contribution is -2.33. The van der Waals surface area contributed by atoms with E-state index >= 15 is 0 Å². The quantitative estimate of drug-likeness (QED) is 0.721. The number of hydrogen-bond acceptors (Lipinski definition) is 3. The van der Waals surface area contributed by atoms with E-state index in [0.29, 0.717) is 19.3 Å². The Kier molecular flexibility index (Phi) is 3.45. The number of hydrogen-bond donors (Lipinski definition) is 3. The predicted molar refractivity (Wildman–Crippen MR) is 63.3 cm³/mol. The Hall–Kier alpha value is -2.11. The number of rotatable bonds is 3. The number of carboxylic acid groups (broad SMARTS) is 1. The zero-order valence-corrected chi connectivity index (χ0v) is 9.68. The first-order chi connectivity index (χ1) is 8.56. The third-order valence-electron chi connectivity index (χ3n) is 3.15. The predicted octanol–water partition coefficient (Wildman–Crippen LogP) is 0.358. The number of aromatic amines is 1. The molecule has 0 saturated heterocycles. The molecule has 2 atom stereocenters. The molecule has 1 heterocycles. The van der Waals surface area contributed by atoms with Crippen molar-refractivity contribution < 1.29 is 14.7 Å². The minimum absolute atomic E-state index is 0.127. The Morgan fingerprint density at radius 3 is 2.78 bits per heavy atom. The van der Waals surface area contributed by atoms with E-state index < -0.39 is 5.97 Å². The monoisotopic (exact) mass is 250 g/mol. The Morgan fingerprint density at radius 1 is 1.39 bits per heavy atom. The summed E-state index contributed by atoms with van der Waals surface area (Å²) in [7, 11) is 0. The topological polar surface area (TPSA) is 99.3 Å². The van der Waals surface area contributed by atoms with Gasteiger partial charge in [0.2, 0.25) is 5.56 Å². The number of aliphatic carboxylic acids is 1. The van der Waals surface area contributed by atoms with Crippen LogP contribution in [0.25, 0.3) is 0 Å². The zero-order chi connectivity index (χ0) is 13.1. The average molecular weight is 250 g/mol. The van der Waals surface area contributed by atoms with Gasteiger partial charge in [0.1, 0.15) is 0 Å². The molecule has 1 amide bonds. The van der Waals surface area contributed by atoms with Crippen molar-refractivity contribution in [2.75, 3.05) is 0 Å². The van der Waals surface area contributed by atoms with Crippen LogP contribution in [0.15, 0.2) is 23.1 Å². The summed E-state index contributed by atoms with van der Waals surface area (Å²) in [5.41, 5.74) is -0.0463. The summed E-state index contributed by atoms with van der Waals surface area (Å²) in [4.78, 5) is 36.1. The molecule has 0 aromatic carbocycles. The summed E-state index contributed by atoms with van der Waals surface area (Å²) < 4.78 is 0. The summed E-state index contributed by atoms with van der Waals surface area (Å²) >= 11 is 0. The molecule has 1 aromatic heterocycles. The number of carboxylic acids is 1. The maximum absolute atomic E-state index is 11.8. The van der Waals surface area contributed by atoms with E-state index in [1.54, 1.807) is 0 Å². The van der Waals surface area contributed by atoms with Crippen LogP contribution in [0.3, 0.4) is 0 Å². The molecule has 96 valence electrons. The van der Waals surface area contributed by atoms with Crippen LogP contribution in [0.1, 0.15) is 29.6 Å². The second kappa shape index (κ2) is 5.03. The molecule has 2 rings (SSSR count). The van der Waals surface area contributed by atoms with E-state index in [0.717, 1.165) is 0 Å². The van der Waals surface area contributed by atoms with Crippen LogP contribution >= 0.6 is 0 Å². The molecule has 0 unspecified atom stereocenters. The fourth-order valence-corrected chi connectivity index (χ4v) is 2.19. The van der Waals surface area contributed by atoms with Gasteiger partial charge in [0.05, 0.1) is 5.92 Å². The number of H-pyrrole nitrogens is 1. The molecular formula is C12H14N2O4. The molecular weight excluding hydrogens is 236 g/mol. The first-order valence-corrected chi connectivity index (χ1v) is 5.78. The summed E-state index contributed by atoms with van der Waals surface area (Å²) in [6, 6.07) is 2.61. The molecule has 1 fully saturated rings. The van der Waals surface area contributed by atoms with Gasteiger partial charge >= 0.3 is 5.97 Å². The highest BCUT2D eigenvalue weighted by molar-refractivity contribution is 5.94. The Morgan fingerprint density at radius 2 is 2.17 bits per heavy atom. The highest BCUT2D eigenvalue weighted by atomic mass is 16.4. The molecule has 0 bridgehead atoms. The van der Waals surface area contributed by atoms with Crippen LogP contribution in [-0.2, 0) is 4.79 Å². The van der Waals surface area contributed by atoms with E-state index in [2.05, 4.69) is 10.3 Å². The highest BCUT2D eigenvalue weighted by Gasteiger charge is 2.30. The van der Waals surface area contributed by atoms with Crippen molar-refractivity contribution in [3.05, 3.63) is 34.2 Å². The minimum atomic E-state index is -0.817. The number of amides is 1. The lowest BCUT2D eigenvalue weighted by Gasteiger charge is -2.12. The van der Waals surface area contributed by atoms with Crippen molar-refractivity contribution in [3.8, 4) is 0 Å². The second-order valence-corrected chi connectivity index (χ2v) is 4.46. The first-order valence-electron chi connectivity index (χ1n) is 5.78. The molecule has 3 N–H and O–H groups in total. The Labute approximate surface area is 103 Å². The number of carbonyl (C=O) groups is 2. The van der Waals surface area contributed by atoms with Crippen LogP contribution in [0.2, 0.25) is 0 Å². The van der Waals surface area contributed by atoms with Gasteiger partial charge in [0, 0.05) is 23.9 Å². The third-order valence-corrected chi connectivity index (χ3v) is 3.15. The lowest BCUT2D eigenvalue weighted by atomic mass is 10.1. The third kappa shape index (κ3) is 2.77. The van der Waals surface area contributed by atoms with Crippen LogP contribution < -0.4 is 10.9 Å². The van der Waals surface area contributed by atoms with Crippen molar-refractivity contribution in [2.45, 2.75) is 25.3 Å². The molecule has 6 heteroatoms. The number of carbonyl (C=O) groups excluding carboxylic acids is 1. The van der Waals surface area contributed by atoms with Crippen molar-refractivity contribution >= 4 is 11.9 Å². The Bertz CT molecular complexity index is 523. The summed E-state index contributed by atoms with van der Waals surface area (Å²) in [5, 5.41) is 11.6. The summed E-state index contributed by atoms with van der Waals surface area (Å²) in [6.45, 7) is 0. The van der Waals surface area contributed by atoms with Crippen LogP contribution in [0.4, 0.5) is 0 Å². The van der Waals surface area contributed by atoms with Gasteiger partial charge in [-0.1, -0.05) is 0 Å². The highest BCUT2D eigenvalue weighted by Crippen LogP contribution is 2.25. The fourth-order valence-electron chi connectivity index (χ4n) is 2.19. The van der Waals surface area contributed by atoms with Gasteiger partial charge in [-0.3, -0.25) is 14.4 Å². The smallest absolute Gasteiger partial charge is 0.306 e. The van der Waals surface area contributed by atoms with E-state index in [1.165, 1.54) is 18.3 Å². The van der Waals surface area contributed by atoms with Gasteiger partial charge in [-0.25, -0.2) is 0 Å². The van der Waals surface area contributed by atoms with Gasteiger partial charge < -0.3 is 15.4 Å². The van der Waals surface area contributed by atoms with Crippen molar-refractivity contribution in [1.29, 1.82) is 0 Å². The molecule has 1 aliphatic carbocycles. The van der Waals surface area contributed by atoms with Crippen LogP contribution in [-0.4, -0.2) is 28.0 Å². The van der Waals surface area contributed by atoms with Crippen molar-refractivity contribution in [3.63, 3.8) is 0 Å². The molecule has 0 spiro atoms. The lowest BCUT2D eigenvalue weighted by molar-refractivity contribution is -0.141. The van der Waals surface area contributed by atoms with Crippen LogP contribution in [0, 0.1) is 5.92 Å². The molecule has 0 aliphatic heterocycles. The number of pyridine rings is 1. The first kappa shape index (κ1) is 12.3.